The topological polar surface area (TPSA) is 51.4 Å². The van der Waals surface area contributed by atoms with Crippen LogP contribution in [0.15, 0.2) is 42.2 Å². The molecule has 0 bridgehead atoms. The van der Waals surface area contributed by atoms with Crippen LogP contribution in [0, 0.1) is 33.8 Å². The molecule has 3 nitrogen and oxygen atoms in total. The third-order valence-corrected chi connectivity index (χ3v) is 4.13. The Hall–Kier alpha value is -2.16. The molecule has 1 heterocycles. The number of ketones is 1. The minimum Gasteiger partial charge on any atom is -0.676 e. The summed E-state index contributed by atoms with van der Waals surface area (Å²) < 4.78 is 0. The number of aliphatic hydroxyl groups excluding tert-OH is 1. The van der Waals surface area contributed by atoms with Crippen LogP contribution in [0.5, 0.6) is 0 Å². The molecule has 0 saturated heterocycles. The minimum atomic E-state index is -0.125. The Kier molecular flexibility index (Phi) is 8.87. The van der Waals surface area contributed by atoms with Gasteiger partial charge in [0.15, 0.2) is 5.78 Å². The van der Waals surface area contributed by atoms with Crippen molar-refractivity contribution in [3.05, 3.63) is 86.9 Å². The van der Waals surface area contributed by atoms with E-state index in [0.29, 0.717) is 0 Å². The van der Waals surface area contributed by atoms with Gasteiger partial charge in [0, 0.05) is 26.2 Å². The van der Waals surface area contributed by atoms with Gasteiger partial charge in [0.2, 0.25) is 0 Å². The fourth-order valence-corrected chi connectivity index (χ4v) is 3.22. The molecule has 1 unspecified atom stereocenters. The van der Waals surface area contributed by atoms with Gasteiger partial charge in [-0.2, -0.15) is 34.9 Å². The van der Waals surface area contributed by atoms with E-state index in [1.54, 1.807) is 0 Å². The van der Waals surface area contributed by atoms with Gasteiger partial charge in [0.05, 0.1) is 5.76 Å². The van der Waals surface area contributed by atoms with Gasteiger partial charge < -0.3 is 10.4 Å². The first-order valence-corrected chi connectivity index (χ1v) is 9.04. The van der Waals surface area contributed by atoms with E-state index in [1.807, 2.05) is 0 Å². The molecule has 2 aromatic carbocycles. The molecular weight excluding hydrogens is 526 g/mol. The van der Waals surface area contributed by atoms with Crippen LogP contribution in [0.25, 0.3) is 11.4 Å². The zero-order valence-corrected chi connectivity index (χ0v) is 19.6. The van der Waals surface area contributed by atoms with Crippen LogP contribution < -0.4 is 0 Å². The molecule has 1 aliphatic heterocycles. The summed E-state index contributed by atoms with van der Waals surface area (Å²) in [5.74, 6) is -0.0625. The maximum Gasteiger partial charge on any atom is 0.155 e. The van der Waals surface area contributed by atoms with E-state index < -0.39 is 0 Å². The van der Waals surface area contributed by atoms with Crippen molar-refractivity contribution >= 4 is 17.5 Å². The van der Waals surface area contributed by atoms with Gasteiger partial charge in [-0.25, -0.2) is 0 Å². The largest absolute Gasteiger partial charge is 0.676 e. The van der Waals surface area contributed by atoms with Crippen molar-refractivity contribution in [2.45, 2.75) is 47.6 Å². The van der Waals surface area contributed by atoms with Crippen molar-refractivity contribution in [1.29, 1.82) is 0 Å². The molecule has 1 radical (unpaired) electrons. The second kappa shape index (κ2) is 10.4. The fourth-order valence-electron chi connectivity index (χ4n) is 3.22. The standard InChI is InChI=1S/C19H19N.C5H8O2.Ir/c1-12-7-13(2)10-16(9-12)18-6-5-17-15(4)8-14(3)11-19(17)20-18;1-4(6)3-5(2)7;/h5-9,11,18H,1-4H3;3,6H,1-2H3;/q-2;;/b;4-3-;. The Balaban J connectivity index is 0.000000425. The summed E-state index contributed by atoms with van der Waals surface area (Å²) in [7, 11) is 0. The average Bonchev–Trinajstić information content (AvgIpc) is 2.52. The van der Waals surface area contributed by atoms with E-state index in [2.05, 4.69) is 70.2 Å². The first kappa shape index (κ1) is 23.9. The van der Waals surface area contributed by atoms with Crippen LogP contribution in [-0.4, -0.2) is 10.9 Å². The number of fused-ring (bicyclic) bond motifs is 1. The molecule has 3 rings (SSSR count). The van der Waals surface area contributed by atoms with Crippen molar-refractivity contribution in [2.75, 3.05) is 0 Å². The fraction of sp³-hybridized carbons (Fsp3) is 0.292. The summed E-state index contributed by atoms with van der Waals surface area (Å²) in [5, 5.41) is 13.3. The predicted octanol–water partition coefficient (Wildman–Crippen LogP) is 6.53. The second-order valence-corrected chi connectivity index (χ2v) is 7.14. The average molecular weight is 554 g/mol. The number of hydrogen-bond acceptors (Lipinski definition) is 2. The quantitative estimate of drug-likeness (QED) is 0.261. The van der Waals surface area contributed by atoms with E-state index in [1.165, 1.54) is 47.7 Å². The molecule has 0 saturated carbocycles. The van der Waals surface area contributed by atoms with Crippen molar-refractivity contribution in [3.63, 3.8) is 0 Å². The zero-order chi connectivity index (χ0) is 20.1. The molecule has 1 atom stereocenters. The molecule has 0 fully saturated rings. The molecule has 4 heteroatoms. The summed E-state index contributed by atoms with van der Waals surface area (Å²) in [4.78, 5) is 10.0. The number of benzene rings is 2. The smallest absolute Gasteiger partial charge is 0.155 e. The van der Waals surface area contributed by atoms with Gasteiger partial charge in [0.1, 0.15) is 0 Å². The summed E-state index contributed by atoms with van der Waals surface area (Å²) in [6.07, 6.45) is 5.54. The first-order valence-electron chi connectivity index (χ1n) is 9.04. The van der Waals surface area contributed by atoms with Crippen LogP contribution in [0.4, 0.5) is 5.69 Å². The normalized spacial score (nSPS) is 14.8. The Morgan fingerprint density at radius 2 is 1.71 bits per heavy atom. The van der Waals surface area contributed by atoms with E-state index in [-0.39, 0.29) is 37.7 Å². The van der Waals surface area contributed by atoms with Crippen molar-refractivity contribution in [3.8, 4) is 0 Å². The Bertz CT molecular complexity index is 889. The summed E-state index contributed by atoms with van der Waals surface area (Å²) >= 11 is 0. The van der Waals surface area contributed by atoms with E-state index in [4.69, 9.17) is 10.4 Å². The number of allylic oxidation sites excluding steroid dienone is 2. The van der Waals surface area contributed by atoms with Gasteiger partial charge in [-0.3, -0.25) is 4.79 Å². The molecule has 0 spiro atoms. The second-order valence-electron chi connectivity index (χ2n) is 7.14. The Morgan fingerprint density at radius 1 is 1.07 bits per heavy atom. The number of rotatable bonds is 2. The molecule has 1 aliphatic rings. The first-order chi connectivity index (χ1) is 12.7. The van der Waals surface area contributed by atoms with Crippen LogP contribution in [0.2, 0.25) is 0 Å². The van der Waals surface area contributed by atoms with Gasteiger partial charge in [-0.15, -0.1) is 5.69 Å². The molecule has 0 aromatic heterocycles. The van der Waals surface area contributed by atoms with Gasteiger partial charge >= 0.3 is 0 Å². The van der Waals surface area contributed by atoms with Gasteiger partial charge in [0.25, 0.3) is 0 Å². The number of aliphatic hydroxyl groups is 1. The number of carbonyl (C=O) groups is 1. The number of aryl methyl sites for hydroxylation is 4. The number of hydrogen-bond donors (Lipinski definition) is 1. The third-order valence-electron chi connectivity index (χ3n) is 4.13. The number of nitrogens with zero attached hydrogens (tertiary/aromatic N) is 1. The Morgan fingerprint density at radius 3 is 2.25 bits per heavy atom. The predicted molar refractivity (Wildman–Crippen MR) is 113 cm³/mol. The summed E-state index contributed by atoms with van der Waals surface area (Å²) in [6.45, 7) is 11.3. The van der Waals surface area contributed by atoms with Crippen LogP contribution in [0.3, 0.4) is 0 Å². The van der Waals surface area contributed by atoms with Crippen molar-refractivity contribution in [2.24, 2.45) is 0 Å². The monoisotopic (exact) mass is 554 g/mol. The molecule has 2 aromatic rings. The summed E-state index contributed by atoms with van der Waals surface area (Å²) in [5.41, 5.74) is 8.51. The molecule has 28 heavy (non-hydrogen) atoms. The van der Waals surface area contributed by atoms with E-state index in [9.17, 15) is 4.79 Å². The van der Waals surface area contributed by atoms with Crippen LogP contribution >= 0.6 is 0 Å². The van der Waals surface area contributed by atoms with E-state index in [0.717, 1.165) is 11.3 Å². The SMILES string of the molecule is CC(=O)/C=C(/C)O.Cc1[c-]c(C2C=Cc3c(C)cc(C)cc3[N-]2)cc(C)c1.[Ir]. The zero-order valence-electron chi connectivity index (χ0n) is 17.3. The molecule has 0 amide bonds. The van der Waals surface area contributed by atoms with Crippen LogP contribution in [-0.2, 0) is 24.9 Å². The maximum atomic E-state index is 10.0. The van der Waals surface area contributed by atoms with Crippen molar-refractivity contribution in [1.82, 2.24) is 0 Å². The molecule has 151 valence electrons. The Labute approximate surface area is 181 Å². The van der Waals surface area contributed by atoms with E-state index >= 15 is 0 Å². The van der Waals surface area contributed by atoms with Crippen LogP contribution in [0.1, 0.15) is 53.3 Å². The molecular formula is C24H27IrNO2-2. The van der Waals surface area contributed by atoms with Crippen molar-refractivity contribution < 1.29 is 30.0 Å². The minimum absolute atomic E-state index is 0. The molecule has 0 aliphatic carbocycles. The van der Waals surface area contributed by atoms with Gasteiger partial charge in [-0.05, 0) is 38.8 Å². The maximum absolute atomic E-state index is 10.0. The number of carbonyl (C=O) groups excluding carboxylic acids is 1. The third kappa shape index (κ3) is 6.78. The van der Waals surface area contributed by atoms with Gasteiger partial charge in [-0.1, -0.05) is 49.7 Å². The molecule has 1 N–H and O–H groups in total. The summed E-state index contributed by atoms with van der Waals surface area (Å²) in [6, 6.07) is 12.2.